The zero-order chi connectivity index (χ0) is 15.1. The Morgan fingerprint density at radius 2 is 2.00 bits per heavy atom. The van der Waals surface area contributed by atoms with Crippen molar-refractivity contribution in [1.29, 1.82) is 0 Å². The lowest BCUT2D eigenvalue weighted by Gasteiger charge is -2.33. The van der Waals surface area contributed by atoms with Gasteiger partial charge in [-0.2, -0.15) is 0 Å². The van der Waals surface area contributed by atoms with Gasteiger partial charge in [0.1, 0.15) is 5.75 Å². The third kappa shape index (κ3) is 4.70. The Hall–Kier alpha value is -1.09. The molecule has 0 aliphatic heterocycles. The number of hydrogen-bond donors (Lipinski definition) is 1. The molecule has 0 radical (unpaired) electrons. The highest BCUT2D eigenvalue weighted by Gasteiger charge is 2.27. The van der Waals surface area contributed by atoms with Crippen molar-refractivity contribution in [2.75, 3.05) is 13.2 Å². The molecule has 1 fully saturated rings. The van der Waals surface area contributed by atoms with Crippen LogP contribution in [0.5, 0.6) is 5.75 Å². The molecular formula is C18H30N2O. The van der Waals surface area contributed by atoms with E-state index in [9.17, 15) is 0 Å². The van der Waals surface area contributed by atoms with Crippen LogP contribution < -0.4 is 10.1 Å². The minimum absolute atomic E-state index is 0.422. The van der Waals surface area contributed by atoms with E-state index in [0.717, 1.165) is 30.6 Å². The highest BCUT2D eigenvalue weighted by molar-refractivity contribution is 5.26. The van der Waals surface area contributed by atoms with Crippen LogP contribution in [0.25, 0.3) is 0 Å². The second-order valence-corrected chi connectivity index (χ2v) is 6.34. The van der Waals surface area contributed by atoms with Crippen molar-refractivity contribution in [3.05, 3.63) is 24.0 Å². The lowest BCUT2D eigenvalue weighted by atomic mass is 9.77. The fourth-order valence-electron chi connectivity index (χ4n) is 3.33. The van der Waals surface area contributed by atoms with Crippen LogP contribution in [0.15, 0.2) is 18.5 Å². The molecule has 21 heavy (non-hydrogen) atoms. The smallest absolute Gasteiger partial charge is 0.137 e. The Bertz CT molecular complexity index is 413. The van der Waals surface area contributed by atoms with E-state index in [0.29, 0.717) is 12.6 Å². The molecule has 0 aromatic carbocycles. The van der Waals surface area contributed by atoms with Crippen LogP contribution in [-0.2, 0) is 0 Å². The van der Waals surface area contributed by atoms with Gasteiger partial charge >= 0.3 is 0 Å². The zero-order valence-corrected chi connectivity index (χ0v) is 13.8. The fourth-order valence-corrected chi connectivity index (χ4v) is 3.33. The highest BCUT2D eigenvalue weighted by Crippen LogP contribution is 2.37. The summed E-state index contributed by atoms with van der Waals surface area (Å²) in [6.45, 7) is 8.38. The topological polar surface area (TPSA) is 34.2 Å². The Morgan fingerprint density at radius 1 is 1.24 bits per heavy atom. The summed E-state index contributed by atoms with van der Waals surface area (Å²) in [5.41, 5.74) is 1.29. The van der Waals surface area contributed by atoms with Crippen LogP contribution in [0.3, 0.4) is 0 Å². The first kappa shape index (κ1) is 16.3. The van der Waals surface area contributed by atoms with Gasteiger partial charge < -0.3 is 10.1 Å². The lowest BCUT2D eigenvalue weighted by Crippen LogP contribution is -2.31. The van der Waals surface area contributed by atoms with Gasteiger partial charge in [-0.3, -0.25) is 4.98 Å². The van der Waals surface area contributed by atoms with Gasteiger partial charge in [0, 0.05) is 12.2 Å². The van der Waals surface area contributed by atoms with Crippen molar-refractivity contribution in [3.63, 3.8) is 0 Å². The summed E-state index contributed by atoms with van der Waals surface area (Å²) < 4.78 is 5.62. The van der Waals surface area contributed by atoms with Crippen molar-refractivity contribution in [2.24, 2.45) is 11.8 Å². The predicted molar refractivity (Wildman–Crippen MR) is 87.6 cm³/mol. The zero-order valence-electron chi connectivity index (χ0n) is 13.8. The first-order valence-corrected chi connectivity index (χ1v) is 8.55. The summed E-state index contributed by atoms with van der Waals surface area (Å²) >= 11 is 0. The van der Waals surface area contributed by atoms with Gasteiger partial charge in [-0.15, -0.1) is 0 Å². The summed E-state index contributed by atoms with van der Waals surface area (Å²) in [6.07, 6.45) is 10.3. The summed E-state index contributed by atoms with van der Waals surface area (Å²) in [4.78, 5) is 4.38. The first-order valence-electron chi connectivity index (χ1n) is 8.55. The number of nitrogens with one attached hydrogen (secondary N) is 1. The molecule has 1 aliphatic rings. The molecule has 2 rings (SSSR count). The van der Waals surface area contributed by atoms with E-state index in [1.54, 1.807) is 0 Å². The normalized spacial score (nSPS) is 23.8. The molecule has 1 aromatic rings. The summed E-state index contributed by atoms with van der Waals surface area (Å²) in [6, 6.07) is 2.59. The average Bonchev–Trinajstić information content (AvgIpc) is 2.50. The summed E-state index contributed by atoms with van der Waals surface area (Å²) in [5, 5.41) is 3.74. The van der Waals surface area contributed by atoms with Crippen LogP contribution in [0.1, 0.15) is 64.5 Å². The predicted octanol–water partition coefficient (Wildman–Crippen LogP) is 4.35. The number of hydrogen-bond acceptors (Lipinski definition) is 3. The van der Waals surface area contributed by atoms with E-state index in [1.165, 1.54) is 31.2 Å². The van der Waals surface area contributed by atoms with Crippen LogP contribution in [-0.4, -0.2) is 18.1 Å². The van der Waals surface area contributed by atoms with Gasteiger partial charge in [-0.1, -0.05) is 26.7 Å². The molecule has 3 heteroatoms. The number of pyridine rings is 1. The Balaban J connectivity index is 2.12. The van der Waals surface area contributed by atoms with Crippen molar-refractivity contribution >= 4 is 0 Å². The number of ether oxygens (including phenoxy) is 1. The monoisotopic (exact) mass is 290 g/mol. The standard InChI is InChI=1S/C18H30N2O/c1-4-10-20-18(15-8-6-14(3)7-9-15)16-11-17(21-5-2)13-19-12-16/h11-15,18,20H,4-10H2,1-3H3. The molecular weight excluding hydrogens is 260 g/mol. The van der Waals surface area contributed by atoms with E-state index in [-0.39, 0.29) is 0 Å². The largest absolute Gasteiger partial charge is 0.492 e. The van der Waals surface area contributed by atoms with Crippen LogP contribution in [0.4, 0.5) is 0 Å². The van der Waals surface area contributed by atoms with E-state index < -0.39 is 0 Å². The highest BCUT2D eigenvalue weighted by atomic mass is 16.5. The molecule has 1 aromatic heterocycles. The molecule has 1 heterocycles. The lowest BCUT2D eigenvalue weighted by molar-refractivity contribution is 0.231. The molecule has 3 nitrogen and oxygen atoms in total. The molecule has 0 spiro atoms. The third-order valence-corrected chi connectivity index (χ3v) is 4.55. The van der Waals surface area contributed by atoms with Gasteiger partial charge in [-0.05, 0) is 56.2 Å². The average molecular weight is 290 g/mol. The Labute approximate surface area is 129 Å². The van der Waals surface area contributed by atoms with Gasteiger partial charge in [0.05, 0.1) is 12.8 Å². The van der Waals surface area contributed by atoms with E-state index in [2.05, 4.69) is 30.2 Å². The van der Waals surface area contributed by atoms with Crippen molar-refractivity contribution in [2.45, 2.75) is 58.9 Å². The summed E-state index contributed by atoms with van der Waals surface area (Å²) in [5.74, 6) is 2.51. The fraction of sp³-hybridized carbons (Fsp3) is 0.722. The van der Waals surface area contributed by atoms with Gasteiger partial charge in [0.25, 0.3) is 0 Å². The van der Waals surface area contributed by atoms with Crippen LogP contribution >= 0.6 is 0 Å². The van der Waals surface area contributed by atoms with Gasteiger partial charge in [0.2, 0.25) is 0 Å². The minimum Gasteiger partial charge on any atom is -0.492 e. The quantitative estimate of drug-likeness (QED) is 0.810. The first-order chi connectivity index (χ1) is 10.2. The van der Waals surface area contributed by atoms with E-state index >= 15 is 0 Å². The maximum absolute atomic E-state index is 5.62. The number of nitrogens with zero attached hydrogens (tertiary/aromatic N) is 1. The van der Waals surface area contributed by atoms with Crippen LogP contribution in [0, 0.1) is 11.8 Å². The molecule has 118 valence electrons. The molecule has 1 aliphatic carbocycles. The molecule has 1 saturated carbocycles. The van der Waals surface area contributed by atoms with E-state index in [4.69, 9.17) is 4.74 Å². The van der Waals surface area contributed by atoms with Crippen molar-refractivity contribution in [1.82, 2.24) is 10.3 Å². The SMILES string of the molecule is CCCNC(c1cncc(OCC)c1)C1CCC(C)CC1. The molecule has 0 amide bonds. The minimum atomic E-state index is 0.422. The van der Waals surface area contributed by atoms with Crippen molar-refractivity contribution < 1.29 is 4.74 Å². The third-order valence-electron chi connectivity index (χ3n) is 4.55. The van der Waals surface area contributed by atoms with Gasteiger partial charge in [0.15, 0.2) is 0 Å². The molecule has 1 unspecified atom stereocenters. The van der Waals surface area contributed by atoms with E-state index in [1.807, 2.05) is 19.3 Å². The Kier molecular flexibility index (Phi) is 6.50. The van der Waals surface area contributed by atoms with Crippen molar-refractivity contribution in [3.8, 4) is 5.75 Å². The number of rotatable bonds is 7. The Morgan fingerprint density at radius 3 is 2.67 bits per heavy atom. The van der Waals surface area contributed by atoms with Crippen LogP contribution in [0.2, 0.25) is 0 Å². The molecule has 0 saturated heterocycles. The maximum atomic E-state index is 5.62. The molecule has 0 bridgehead atoms. The maximum Gasteiger partial charge on any atom is 0.137 e. The number of aromatic nitrogens is 1. The second kappa shape index (κ2) is 8.38. The molecule has 1 atom stereocenters. The van der Waals surface area contributed by atoms with Gasteiger partial charge in [-0.25, -0.2) is 0 Å². The molecule has 1 N–H and O–H groups in total. The second-order valence-electron chi connectivity index (χ2n) is 6.34. The summed E-state index contributed by atoms with van der Waals surface area (Å²) in [7, 11) is 0.